The lowest BCUT2D eigenvalue weighted by Gasteiger charge is -2.55. The van der Waals surface area contributed by atoms with Gasteiger partial charge in [0, 0.05) is 16.2 Å². The van der Waals surface area contributed by atoms with Crippen molar-refractivity contribution in [3.05, 3.63) is 137 Å². The van der Waals surface area contributed by atoms with Crippen molar-refractivity contribution in [2.45, 2.75) is 57.8 Å². The van der Waals surface area contributed by atoms with E-state index in [0.717, 1.165) is 0 Å². The van der Waals surface area contributed by atoms with Gasteiger partial charge in [-0.15, -0.1) is 0 Å². The zero-order valence-corrected chi connectivity index (χ0v) is 24.3. The highest BCUT2D eigenvalue weighted by atomic mass is 15.2. The number of benzene rings is 5. The maximum atomic E-state index is 2.64. The summed E-state index contributed by atoms with van der Waals surface area (Å²) < 4.78 is 0. The van der Waals surface area contributed by atoms with E-state index in [4.69, 9.17) is 0 Å². The standard InChI is InChI=1S/C39H35N/c1-37(2)28-17-11-19-30-34(28)40-35-29(37)18-12-20-31(35)39(5,6)33-23-27(22-32(36(33)40)38(30,3)4)26-16-10-15-25(21-26)24-13-8-7-9-14-24/h7-23H,1-6H3. The molecule has 0 spiro atoms. The molecule has 1 heteroatoms. The average Bonchev–Trinajstić information content (AvgIpc) is 2.96. The largest absolute Gasteiger partial charge is 0.309 e. The first-order chi connectivity index (χ1) is 19.1. The second-order valence-corrected chi connectivity index (χ2v) is 13.5. The summed E-state index contributed by atoms with van der Waals surface area (Å²) in [4.78, 5) is 2.64. The van der Waals surface area contributed by atoms with E-state index >= 15 is 0 Å². The number of anilines is 3. The van der Waals surface area contributed by atoms with Gasteiger partial charge in [0.1, 0.15) is 0 Å². The van der Waals surface area contributed by atoms with Gasteiger partial charge in [0.05, 0.1) is 17.1 Å². The predicted molar refractivity (Wildman–Crippen MR) is 168 cm³/mol. The molecule has 5 aromatic rings. The lowest BCUT2D eigenvalue weighted by atomic mass is 9.60. The minimum absolute atomic E-state index is 0.0633. The quantitative estimate of drug-likeness (QED) is 0.225. The van der Waals surface area contributed by atoms with E-state index in [9.17, 15) is 0 Å². The highest BCUT2D eigenvalue weighted by Crippen LogP contribution is 2.66. The molecule has 0 fully saturated rings. The van der Waals surface area contributed by atoms with Crippen molar-refractivity contribution in [1.29, 1.82) is 0 Å². The van der Waals surface area contributed by atoms with E-state index in [2.05, 4.69) is 150 Å². The third kappa shape index (κ3) is 2.83. The van der Waals surface area contributed by atoms with Crippen LogP contribution in [0.25, 0.3) is 22.3 Å². The lowest BCUT2D eigenvalue weighted by Crippen LogP contribution is -2.43. The molecule has 0 saturated heterocycles. The van der Waals surface area contributed by atoms with Gasteiger partial charge in [-0.05, 0) is 73.8 Å². The molecule has 0 aliphatic carbocycles. The topological polar surface area (TPSA) is 3.24 Å². The Kier molecular flexibility index (Phi) is 4.48. The van der Waals surface area contributed by atoms with Gasteiger partial charge in [0.25, 0.3) is 0 Å². The Morgan fingerprint density at radius 3 is 1.23 bits per heavy atom. The van der Waals surface area contributed by atoms with Crippen molar-refractivity contribution in [3.8, 4) is 22.3 Å². The van der Waals surface area contributed by atoms with Crippen molar-refractivity contribution < 1.29 is 0 Å². The van der Waals surface area contributed by atoms with Crippen molar-refractivity contribution in [2.75, 3.05) is 4.90 Å². The highest BCUT2D eigenvalue weighted by molar-refractivity contribution is 5.99. The van der Waals surface area contributed by atoms with Crippen molar-refractivity contribution >= 4 is 17.1 Å². The molecule has 3 heterocycles. The molecule has 196 valence electrons. The summed E-state index contributed by atoms with van der Waals surface area (Å²) in [5.74, 6) is 0. The SMILES string of the molecule is CC1(C)c2cccc3c2N2c4c1cccc4C(C)(C)c1cc(-c4cccc(-c5ccccc5)c4)cc(c12)C3(C)C. The molecule has 0 radical (unpaired) electrons. The normalized spacial score (nSPS) is 17.8. The molecular weight excluding hydrogens is 482 g/mol. The third-order valence-corrected chi connectivity index (χ3v) is 10.2. The van der Waals surface area contributed by atoms with Gasteiger partial charge in [-0.3, -0.25) is 0 Å². The molecule has 0 N–H and O–H groups in total. The van der Waals surface area contributed by atoms with Crippen molar-refractivity contribution in [2.24, 2.45) is 0 Å². The van der Waals surface area contributed by atoms with Gasteiger partial charge in [-0.1, -0.05) is 126 Å². The monoisotopic (exact) mass is 517 g/mol. The Hall–Kier alpha value is -4.10. The molecule has 0 atom stereocenters. The first-order valence-electron chi connectivity index (χ1n) is 14.5. The van der Waals surface area contributed by atoms with Crippen LogP contribution in [0.1, 0.15) is 74.9 Å². The average molecular weight is 518 g/mol. The summed E-state index contributed by atoms with van der Waals surface area (Å²) in [5, 5.41) is 0. The number of hydrogen-bond donors (Lipinski definition) is 0. The molecule has 0 saturated carbocycles. The van der Waals surface area contributed by atoms with Crippen LogP contribution in [0.5, 0.6) is 0 Å². The van der Waals surface area contributed by atoms with Crippen LogP contribution in [-0.4, -0.2) is 0 Å². The summed E-state index contributed by atoms with van der Waals surface area (Å²) >= 11 is 0. The Morgan fingerprint density at radius 2 is 0.725 bits per heavy atom. The fraction of sp³-hybridized carbons (Fsp3) is 0.231. The summed E-state index contributed by atoms with van der Waals surface area (Å²) in [7, 11) is 0. The summed E-state index contributed by atoms with van der Waals surface area (Å²) in [5.41, 5.74) is 17.5. The third-order valence-electron chi connectivity index (χ3n) is 10.2. The van der Waals surface area contributed by atoms with E-state index in [0.29, 0.717) is 0 Å². The zero-order valence-electron chi connectivity index (χ0n) is 24.3. The second-order valence-electron chi connectivity index (χ2n) is 13.5. The second kappa shape index (κ2) is 7.55. The Balaban J connectivity index is 1.46. The summed E-state index contributed by atoms with van der Waals surface area (Å²) in [6.07, 6.45) is 0. The van der Waals surface area contributed by atoms with E-state index in [1.807, 2.05) is 0 Å². The molecule has 5 aromatic carbocycles. The summed E-state index contributed by atoms with van der Waals surface area (Å²) in [6.45, 7) is 14.5. The Labute approximate surface area is 238 Å². The molecule has 0 bridgehead atoms. The number of rotatable bonds is 2. The molecule has 8 rings (SSSR count). The molecule has 0 aromatic heterocycles. The van der Waals surface area contributed by atoms with Gasteiger partial charge < -0.3 is 4.90 Å². The van der Waals surface area contributed by atoms with Gasteiger partial charge in [0.2, 0.25) is 0 Å². The number of hydrogen-bond acceptors (Lipinski definition) is 1. The van der Waals surface area contributed by atoms with Crippen molar-refractivity contribution in [1.82, 2.24) is 0 Å². The van der Waals surface area contributed by atoms with Crippen LogP contribution in [0.4, 0.5) is 17.1 Å². The van der Waals surface area contributed by atoms with Crippen LogP contribution < -0.4 is 4.90 Å². The molecule has 3 aliphatic rings. The van der Waals surface area contributed by atoms with E-state index < -0.39 is 0 Å². The molecule has 1 nitrogen and oxygen atoms in total. The fourth-order valence-electron chi connectivity index (χ4n) is 7.86. The van der Waals surface area contributed by atoms with E-state index in [1.54, 1.807) is 0 Å². The first-order valence-corrected chi connectivity index (χ1v) is 14.5. The van der Waals surface area contributed by atoms with E-state index in [-0.39, 0.29) is 16.2 Å². The number of nitrogens with zero attached hydrogens (tertiary/aromatic N) is 1. The Morgan fingerprint density at radius 1 is 0.350 bits per heavy atom. The van der Waals surface area contributed by atoms with Crippen LogP contribution in [0, 0.1) is 0 Å². The maximum Gasteiger partial charge on any atom is 0.0544 e. The number of para-hydroxylation sites is 2. The molecule has 0 unspecified atom stereocenters. The van der Waals surface area contributed by atoms with Crippen LogP contribution in [-0.2, 0) is 16.2 Å². The van der Waals surface area contributed by atoms with Crippen LogP contribution in [0.2, 0.25) is 0 Å². The molecule has 40 heavy (non-hydrogen) atoms. The minimum Gasteiger partial charge on any atom is -0.309 e. The van der Waals surface area contributed by atoms with Gasteiger partial charge in [-0.2, -0.15) is 0 Å². The van der Waals surface area contributed by atoms with Crippen LogP contribution >= 0.6 is 0 Å². The van der Waals surface area contributed by atoms with Crippen LogP contribution in [0.15, 0.2) is 103 Å². The molecule has 3 aliphatic heterocycles. The van der Waals surface area contributed by atoms with Crippen LogP contribution in [0.3, 0.4) is 0 Å². The van der Waals surface area contributed by atoms with Crippen molar-refractivity contribution in [3.63, 3.8) is 0 Å². The van der Waals surface area contributed by atoms with E-state index in [1.165, 1.54) is 72.7 Å². The zero-order chi connectivity index (χ0) is 27.6. The molecular formula is C39H35N. The fourth-order valence-corrected chi connectivity index (χ4v) is 7.86. The Bertz CT molecular complexity index is 1780. The highest BCUT2D eigenvalue weighted by Gasteiger charge is 2.51. The maximum absolute atomic E-state index is 2.64. The summed E-state index contributed by atoms with van der Waals surface area (Å²) in [6, 6.07) is 38.8. The minimum atomic E-state index is -0.130. The first kappa shape index (κ1) is 23.8. The van der Waals surface area contributed by atoms with Gasteiger partial charge in [0.15, 0.2) is 0 Å². The smallest absolute Gasteiger partial charge is 0.0544 e. The lowest BCUT2D eigenvalue weighted by molar-refractivity contribution is 0.567. The predicted octanol–water partition coefficient (Wildman–Crippen LogP) is 10.4. The van der Waals surface area contributed by atoms with Gasteiger partial charge in [-0.25, -0.2) is 0 Å². The molecule has 0 amide bonds. The van der Waals surface area contributed by atoms with Gasteiger partial charge >= 0.3 is 0 Å².